The van der Waals surface area contributed by atoms with Crippen molar-refractivity contribution in [3.63, 3.8) is 0 Å². The Bertz CT molecular complexity index is 987. The van der Waals surface area contributed by atoms with E-state index in [1.165, 1.54) is 37.5 Å². The third-order valence-electron chi connectivity index (χ3n) is 3.49. The van der Waals surface area contributed by atoms with E-state index in [4.69, 9.17) is 21.1 Å². The molecule has 0 spiro atoms. The van der Waals surface area contributed by atoms with Gasteiger partial charge in [-0.05, 0) is 35.9 Å². The summed E-state index contributed by atoms with van der Waals surface area (Å²) in [5, 5.41) is 10.9. The maximum atomic E-state index is 13.7. The number of benzene rings is 2. The number of nitro benzene ring substituents is 1. The third-order valence-corrected chi connectivity index (χ3v) is 3.81. The van der Waals surface area contributed by atoms with Crippen LogP contribution in [0.3, 0.4) is 0 Å². The van der Waals surface area contributed by atoms with E-state index in [1.807, 2.05) is 0 Å². The SMILES string of the molecule is COc1ccc(/C=C2\N=C(c3ccc(Cl)c([N+](=O)[O-])c3)OC2=O)cc1F. The highest BCUT2D eigenvalue weighted by atomic mass is 35.5. The average molecular weight is 377 g/mol. The van der Waals surface area contributed by atoms with Crippen LogP contribution in [0.4, 0.5) is 10.1 Å². The van der Waals surface area contributed by atoms with Gasteiger partial charge >= 0.3 is 5.97 Å². The van der Waals surface area contributed by atoms with Crippen LogP contribution in [-0.2, 0) is 9.53 Å². The van der Waals surface area contributed by atoms with Crippen molar-refractivity contribution in [3.05, 3.63) is 74.2 Å². The van der Waals surface area contributed by atoms with Gasteiger partial charge in [-0.25, -0.2) is 14.2 Å². The van der Waals surface area contributed by atoms with Crippen molar-refractivity contribution in [2.24, 2.45) is 4.99 Å². The Balaban J connectivity index is 1.95. The smallest absolute Gasteiger partial charge is 0.363 e. The standard InChI is InChI=1S/C17H10ClFN2O5/c1-25-15-5-2-9(6-12(15)19)7-13-17(22)26-16(20-13)10-3-4-11(18)14(8-10)21(23)24/h2-8H,1H3/b13-7-. The summed E-state index contributed by atoms with van der Waals surface area (Å²) in [6.45, 7) is 0. The van der Waals surface area contributed by atoms with E-state index in [2.05, 4.69) is 4.99 Å². The first kappa shape index (κ1) is 17.6. The summed E-state index contributed by atoms with van der Waals surface area (Å²) in [5.41, 5.74) is 0.195. The summed E-state index contributed by atoms with van der Waals surface area (Å²) in [5.74, 6) is -1.38. The largest absolute Gasteiger partial charge is 0.494 e. The number of hydrogen-bond donors (Lipinski definition) is 0. The molecule has 0 fully saturated rings. The molecule has 0 saturated carbocycles. The predicted octanol–water partition coefficient (Wildman–Crippen LogP) is 3.74. The molecule has 1 aliphatic heterocycles. The Morgan fingerprint density at radius 1 is 1.31 bits per heavy atom. The van der Waals surface area contributed by atoms with Crippen LogP contribution in [0.15, 0.2) is 47.1 Å². The fraction of sp³-hybridized carbons (Fsp3) is 0.0588. The van der Waals surface area contributed by atoms with Crippen molar-refractivity contribution in [3.8, 4) is 5.75 Å². The van der Waals surface area contributed by atoms with Crippen molar-refractivity contribution < 1.29 is 23.6 Å². The monoisotopic (exact) mass is 376 g/mol. The van der Waals surface area contributed by atoms with Crippen LogP contribution in [0.25, 0.3) is 6.08 Å². The molecule has 0 saturated heterocycles. The van der Waals surface area contributed by atoms with Gasteiger partial charge in [-0.2, -0.15) is 0 Å². The summed E-state index contributed by atoms with van der Waals surface area (Å²) in [7, 11) is 1.34. The predicted molar refractivity (Wildman–Crippen MR) is 91.7 cm³/mol. The Hall–Kier alpha value is -3.26. The second-order valence-electron chi connectivity index (χ2n) is 5.15. The Kier molecular flexibility index (Phi) is 4.68. The molecule has 0 aliphatic carbocycles. The lowest BCUT2D eigenvalue weighted by molar-refractivity contribution is -0.384. The summed E-state index contributed by atoms with van der Waals surface area (Å²) < 4.78 is 23.6. The number of carbonyl (C=O) groups is 1. The van der Waals surface area contributed by atoms with E-state index in [0.29, 0.717) is 5.56 Å². The molecule has 7 nitrogen and oxygen atoms in total. The normalized spacial score (nSPS) is 15.0. The first-order valence-electron chi connectivity index (χ1n) is 7.19. The van der Waals surface area contributed by atoms with Crippen molar-refractivity contribution in [2.45, 2.75) is 0 Å². The Morgan fingerprint density at radius 2 is 2.08 bits per heavy atom. The molecule has 9 heteroatoms. The molecule has 0 aromatic heterocycles. The number of carbonyl (C=O) groups excluding carboxylic acids is 1. The lowest BCUT2D eigenvalue weighted by Gasteiger charge is -2.01. The van der Waals surface area contributed by atoms with Crippen LogP contribution in [0.2, 0.25) is 5.02 Å². The van der Waals surface area contributed by atoms with Gasteiger partial charge in [-0.1, -0.05) is 17.7 Å². The second kappa shape index (κ2) is 6.93. The number of cyclic esters (lactones) is 1. The van der Waals surface area contributed by atoms with Crippen LogP contribution < -0.4 is 4.74 Å². The highest BCUT2D eigenvalue weighted by Crippen LogP contribution is 2.28. The molecule has 0 radical (unpaired) electrons. The molecule has 3 rings (SSSR count). The van der Waals surface area contributed by atoms with Crippen LogP contribution in [0.1, 0.15) is 11.1 Å². The number of methoxy groups -OCH3 is 1. The van der Waals surface area contributed by atoms with E-state index in [1.54, 1.807) is 6.07 Å². The van der Waals surface area contributed by atoms with Gasteiger partial charge in [-0.3, -0.25) is 10.1 Å². The number of nitrogens with zero attached hydrogens (tertiary/aromatic N) is 2. The molecule has 0 unspecified atom stereocenters. The zero-order chi connectivity index (χ0) is 18.8. The van der Waals surface area contributed by atoms with Crippen molar-refractivity contribution in [1.29, 1.82) is 0 Å². The van der Waals surface area contributed by atoms with Crippen molar-refractivity contribution in [2.75, 3.05) is 7.11 Å². The first-order valence-corrected chi connectivity index (χ1v) is 7.57. The van der Waals surface area contributed by atoms with Gasteiger partial charge in [-0.15, -0.1) is 0 Å². The van der Waals surface area contributed by atoms with E-state index >= 15 is 0 Å². The van der Waals surface area contributed by atoms with Gasteiger partial charge in [0.15, 0.2) is 17.3 Å². The minimum absolute atomic E-state index is 0.0480. The molecule has 132 valence electrons. The maximum absolute atomic E-state index is 13.7. The zero-order valence-corrected chi connectivity index (χ0v) is 14.0. The summed E-state index contributed by atoms with van der Waals surface area (Å²) >= 11 is 5.76. The molecule has 0 atom stereocenters. The van der Waals surface area contributed by atoms with Crippen LogP contribution in [-0.4, -0.2) is 23.9 Å². The molecule has 2 aromatic carbocycles. The van der Waals surface area contributed by atoms with Gasteiger partial charge in [0.05, 0.1) is 12.0 Å². The highest BCUT2D eigenvalue weighted by molar-refractivity contribution is 6.32. The maximum Gasteiger partial charge on any atom is 0.363 e. The van der Waals surface area contributed by atoms with E-state index in [9.17, 15) is 19.3 Å². The third kappa shape index (κ3) is 3.40. The molecule has 0 amide bonds. The Morgan fingerprint density at radius 3 is 2.73 bits per heavy atom. The van der Waals surface area contributed by atoms with E-state index < -0.39 is 16.7 Å². The number of halogens is 2. The number of rotatable bonds is 4. The fourth-order valence-electron chi connectivity index (χ4n) is 2.25. The summed E-state index contributed by atoms with van der Waals surface area (Å²) in [6, 6.07) is 8.05. The number of nitro groups is 1. The molecular weight excluding hydrogens is 367 g/mol. The molecule has 0 N–H and O–H groups in total. The average Bonchev–Trinajstić information content (AvgIpc) is 2.96. The highest BCUT2D eigenvalue weighted by Gasteiger charge is 2.26. The summed E-state index contributed by atoms with van der Waals surface area (Å²) in [6.07, 6.45) is 1.34. The first-order chi connectivity index (χ1) is 12.4. The number of esters is 1. The lowest BCUT2D eigenvalue weighted by Crippen LogP contribution is -2.06. The molecule has 1 aliphatic rings. The minimum Gasteiger partial charge on any atom is -0.494 e. The van der Waals surface area contributed by atoms with Crippen molar-refractivity contribution in [1.82, 2.24) is 0 Å². The molecular formula is C17H10ClFN2O5. The number of aliphatic imine (C=N–C) groups is 1. The van der Waals surface area contributed by atoms with E-state index in [0.717, 1.165) is 6.07 Å². The molecule has 1 heterocycles. The molecule has 2 aromatic rings. The van der Waals surface area contributed by atoms with Gasteiger partial charge in [0.2, 0.25) is 5.90 Å². The van der Waals surface area contributed by atoms with Crippen LogP contribution in [0, 0.1) is 15.9 Å². The number of ether oxygens (including phenoxy) is 2. The minimum atomic E-state index is -0.756. The van der Waals surface area contributed by atoms with Gasteiger partial charge in [0.1, 0.15) is 5.02 Å². The van der Waals surface area contributed by atoms with Gasteiger partial charge in [0, 0.05) is 11.6 Å². The lowest BCUT2D eigenvalue weighted by atomic mass is 10.2. The molecule has 26 heavy (non-hydrogen) atoms. The quantitative estimate of drug-likeness (QED) is 0.351. The van der Waals surface area contributed by atoms with Crippen LogP contribution >= 0.6 is 11.6 Å². The van der Waals surface area contributed by atoms with Gasteiger partial charge < -0.3 is 9.47 Å². The zero-order valence-electron chi connectivity index (χ0n) is 13.2. The van der Waals surface area contributed by atoms with Gasteiger partial charge in [0.25, 0.3) is 5.69 Å². The topological polar surface area (TPSA) is 91.0 Å². The molecule has 0 bridgehead atoms. The van der Waals surface area contributed by atoms with Crippen LogP contribution in [0.5, 0.6) is 5.75 Å². The van der Waals surface area contributed by atoms with E-state index in [-0.39, 0.29) is 33.6 Å². The number of hydrogen-bond acceptors (Lipinski definition) is 6. The summed E-state index contributed by atoms with van der Waals surface area (Å²) in [4.78, 5) is 26.3. The Labute approximate surface area is 151 Å². The van der Waals surface area contributed by atoms with Crippen molar-refractivity contribution >= 4 is 35.2 Å². The fourth-order valence-corrected chi connectivity index (χ4v) is 2.44. The second-order valence-corrected chi connectivity index (χ2v) is 5.56.